The smallest absolute Gasteiger partial charge is 0.267 e. The first-order valence-electron chi connectivity index (χ1n) is 6.13. The zero-order valence-corrected chi connectivity index (χ0v) is 12.6. The van der Waals surface area contributed by atoms with Crippen LogP contribution in [0.3, 0.4) is 0 Å². The van der Waals surface area contributed by atoms with Crippen molar-refractivity contribution >= 4 is 27.3 Å². The molecule has 21 heavy (non-hydrogen) atoms. The highest BCUT2D eigenvalue weighted by atomic mass is 32.2. The van der Waals surface area contributed by atoms with Crippen LogP contribution in [0.15, 0.2) is 33.7 Å². The van der Waals surface area contributed by atoms with Crippen LogP contribution in [0.25, 0.3) is 0 Å². The second-order valence-electron chi connectivity index (χ2n) is 4.52. The van der Waals surface area contributed by atoms with Gasteiger partial charge in [0, 0.05) is 12.6 Å². The van der Waals surface area contributed by atoms with Crippen molar-refractivity contribution in [2.75, 3.05) is 10.0 Å². The summed E-state index contributed by atoms with van der Waals surface area (Å²) >= 11 is 0. The number of sulfonamides is 1. The Hall–Kier alpha value is -2.35. The van der Waals surface area contributed by atoms with Gasteiger partial charge < -0.3 is 9.84 Å². The van der Waals surface area contributed by atoms with Gasteiger partial charge in [-0.25, -0.2) is 8.42 Å². The molecule has 1 amide bonds. The molecule has 0 fully saturated rings. The van der Waals surface area contributed by atoms with Gasteiger partial charge >= 0.3 is 0 Å². The number of hydrogen-bond donors (Lipinski definition) is 2. The fourth-order valence-corrected chi connectivity index (χ4v) is 3.31. The first kappa shape index (κ1) is 15.0. The maximum atomic E-state index is 12.3. The maximum Gasteiger partial charge on any atom is 0.267 e. The number of carbonyl (C=O) groups excluding carboxylic acids is 1. The van der Waals surface area contributed by atoms with E-state index in [1.165, 1.54) is 19.9 Å². The molecular weight excluding hydrogens is 294 g/mol. The molecule has 0 spiro atoms. The molecule has 7 nitrogen and oxygen atoms in total. The summed E-state index contributed by atoms with van der Waals surface area (Å²) in [4.78, 5) is 11.0. The van der Waals surface area contributed by atoms with Crippen molar-refractivity contribution in [3.8, 4) is 0 Å². The van der Waals surface area contributed by atoms with Gasteiger partial charge in [0.25, 0.3) is 10.0 Å². The van der Waals surface area contributed by atoms with Gasteiger partial charge in [-0.15, -0.1) is 0 Å². The molecule has 2 rings (SSSR count). The Balaban J connectivity index is 2.31. The fraction of sp³-hybridized carbons (Fsp3) is 0.231. The third kappa shape index (κ3) is 3.40. The summed E-state index contributed by atoms with van der Waals surface area (Å²) in [7, 11) is -3.80. The predicted molar refractivity (Wildman–Crippen MR) is 77.5 cm³/mol. The van der Waals surface area contributed by atoms with Crippen LogP contribution in [0, 0.1) is 13.8 Å². The van der Waals surface area contributed by atoms with E-state index < -0.39 is 10.0 Å². The molecule has 1 aromatic heterocycles. The highest BCUT2D eigenvalue weighted by molar-refractivity contribution is 7.92. The molecule has 2 N–H and O–H groups in total. The lowest BCUT2D eigenvalue weighted by molar-refractivity contribution is -0.114. The number of amides is 1. The van der Waals surface area contributed by atoms with Crippen molar-refractivity contribution in [2.45, 2.75) is 25.7 Å². The van der Waals surface area contributed by atoms with E-state index >= 15 is 0 Å². The van der Waals surface area contributed by atoms with E-state index in [0.29, 0.717) is 11.4 Å². The maximum absolute atomic E-state index is 12.3. The van der Waals surface area contributed by atoms with Crippen LogP contribution in [0.5, 0.6) is 0 Å². The van der Waals surface area contributed by atoms with Crippen molar-refractivity contribution in [3.05, 3.63) is 35.7 Å². The third-order valence-electron chi connectivity index (χ3n) is 2.67. The summed E-state index contributed by atoms with van der Waals surface area (Å²) in [5.74, 6) is -0.0150. The van der Waals surface area contributed by atoms with Gasteiger partial charge in [-0.3, -0.25) is 9.52 Å². The molecule has 0 aliphatic heterocycles. The van der Waals surface area contributed by atoms with Crippen LogP contribution in [-0.4, -0.2) is 19.5 Å². The molecule has 1 heterocycles. The quantitative estimate of drug-likeness (QED) is 0.900. The van der Waals surface area contributed by atoms with Crippen molar-refractivity contribution < 1.29 is 17.7 Å². The van der Waals surface area contributed by atoms with E-state index in [9.17, 15) is 13.2 Å². The van der Waals surface area contributed by atoms with Crippen LogP contribution in [0.1, 0.15) is 18.4 Å². The number of benzene rings is 1. The van der Waals surface area contributed by atoms with Crippen molar-refractivity contribution in [1.82, 2.24) is 5.16 Å². The molecule has 8 heteroatoms. The molecule has 0 saturated carbocycles. The van der Waals surface area contributed by atoms with E-state index in [0.717, 1.165) is 0 Å². The fourth-order valence-electron chi connectivity index (χ4n) is 1.93. The Morgan fingerprint density at radius 2 is 1.90 bits per heavy atom. The predicted octanol–water partition coefficient (Wildman–Crippen LogP) is 2.05. The van der Waals surface area contributed by atoms with E-state index in [1.54, 1.807) is 25.1 Å². The summed E-state index contributed by atoms with van der Waals surface area (Å²) in [6.07, 6.45) is 0. The number of nitrogens with one attached hydrogen (secondary N) is 2. The standard InChI is InChI=1S/C13H15N3O4S/c1-8-13(9(2)20-15-8)21(18,19)16-12-6-4-5-11(7-12)14-10(3)17/h4-7,16H,1-3H3,(H,14,17). The minimum atomic E-state index is -3.80. The Morgan fingerprint density at radius 1 is 1.24 bits per heavy atom. The number of anilines is 2. The Kier molecular flexibility index (Phi) is 3.99. The number of aryl methyl sites for hydroxylation is 2. The van der Waals surface area contributed by atoms with Crippen molar-refractivity contribution in [2.24, 2.45) is 0 Å². The van der Waals surface area contributed by atoms with Gasteiger partial charge in [0.05, 0.1) is 5.69 Å². The monoisotopic (exact) mass is 309 g/mol. The largest absolute Gasteiger partial charge is 0.360 e. The normalized spacial score (nSPS) is 11.2. The van der Waals surface area contributed by atoms with Crippen LogP contribution >= 0.6 is 0 Å². The summed E-state index contributed by atoms with van der Waals surface area (Å²) < 4.78 is 32.0. The van der Waals surface area contributed by atoms with Crippen LogP contribution < -0.4 is 10.0 Å². The number of rotatable bonds is 4. The van der Waals surface area contributed by atoms with Gasteiger partial charge in [0.1, 0.15) is 5.69 Å². The lowest BCUT2D eigenvalue weighted by Crippen LogP contribution is -2.15. The molecule has 1 aromatic carbocycles. The van der Waals surface area contributed by atoms with Crippen molar-refractivity contribution in [1.29, 1.82) is 0 Å². The number of hydrogen-bond acceptors (Lipinski definition) is 5. The van der Waals surface area contributed by atoms with E-state index in [1.807, 2.05) is 0 Å². The number of aromatic nitrogens is 1. The van der Waals surface area contributed by atoms with E-state index in [4.69, 9.17) is 4.52 Å². The minimum absolute atomic E-state index is 0.0208. The molecule has 0 bridgehead atoms. The van der Waals surface area contributed by atoms with Gasteiger partial charge in [0.2, 0.25) is 5.91 Å². The van der Waals surface area contributed by atoms with Gasteiger partial charge in [-0.05, 0) is 32.0 Å². The SMILES string of the molecule is CC(=O)Nc1cccc(NS(=O)(=O)c2c(C)noc2C)c1. The Bertz CT molecular complexity index is 761. The Morgan fingerprint density at radius 3 is 2.48 bits per heavy atom. The summed E-state index contributed by atoms with van der Waals surface area (Å²) in [5, 5.41) is 6.21. The Labute approximate surface area is 122 Å². The van der Waals surface area contributed by atoms with E-state index in [-0.39, 0.29) is 22.3 Å². The molecule has 0 radical (unpaired) electrons. The summed E-state index contributed by atoms with van der Waals surface area (Å²) in [5.41, 5.74) is 1.13. The number of carbonyl (C=O) groups is 1. The second-order valence-corrected chi connectivity index (χ2v) is 6.14. The van der Waals surface area contributed by atoms with Crippen LogP contribution in [0.4, 0.5) is 11.4 Å². The average Bonchev–Trinajstić information content (AvgIpc) is 2.68. The van der Waals surface area contributed by atoms with Gasteiger partial charge in [-0.2, -0.15) is 0 Å². The summed E-state index contributed by atoms with van der Waals surface area (Å²) in [6.45, 7) is 4.46. The number of nitrogens with zero attached hydrogens (tertiary/aromatic N) is 1. The molecule has 0 saturated heterocycles. The third-order valence-corrected chi connectivity index (χ3v) is 4.30. The topological polar surface area (TPSA) is 101 Å². The second kappa shape index (κ2) is 5.57. The average molecular weight is 309 g/mol. The molecule has 0 atom stereocenters. The van der Waals surface area contributed by atoms with Gasteiger partial charge in [0.15, 0.2) is 10.7 Å². The summed E-state index contributed by atoms with van der Waals surface area (Å²) in [6, 6.07) is 6.41. The van der Waals surface area contributed by atoms with Crippen molar-refractivity contribution in [3.63, 3.8) is 0 Å². The van der Waals surface area contributed by atoms with Crippen LogP contribution in [0.2, 0.25) is 0 Å². The first-order chi connectivity index (χ1) is 9.79. The molecule has 2 aromatic rings. The zero-order chi connectivity index (χ0) is 15.6. The highest BCUT2D eigenvalue weighted by Crippen LogP contribution is 2.23. The highest BCUT2D eigenvalue weighted by Gasteiger charge is 2.24. The lowest BCUT2D eigenvalue weighted by Gasteiger charge is -2.09. The molecule has 0 aliphatic rings. The molecular formula is C13H15N3O4S. The first-order valence-corrected chi connectivity index (χ1v) is 7.61. The molecule has 112 valence electrons. The molecule has 0 unspecified atom stereocenters. The minimum Gasteiger partial charge on any atom is -0.360 e. The lowest BCUT2D eigenvalue weighted by atomic mass is 10.3. The van der Waals surface area contributed by atoms with E-state index in [2.05, 4.69) is 15.2 Å². The molecule has 0 aliphatic carbocycles. The van der Waals surface area contributed by atoms with Crippen LogP contribution in [-0.2, 0) is 14.8 Å². The van der Waals surface area contributed by atoms with Gasteiger partial charge in [-0.1, -0.05) is 11.2 Å². The zero-order valence-electron chi connectivity index (χ0n) is 11.8.